The summed E-state index contributed by atoms with van der Waals surface area (Å²) in [5.41, 5.74) is 2.14. The second-order valence-electron chi connectivity index (χ2n) is 4.51. The number of hydrogen-bond acceptors (Lipinski definition) is 2. The zero-order chi connectivity index (χ0) is 12.8. The molecular formula is C13H24ClN3. The summed E-state index contributed by atoms with van der Waals surface area (Å²) in [7, 11) is 0. The summed E-state index contributed by atoms with van der Waals surface area (Å²) in [6.45, 7) is 10.4. The van der Waals surface area contributed by atoms with Gasteiger partial charge in [0.05, 0.1) is 16.4 Å². The van der Waals surface area contributed by atoms with Gasteiger partial charge >= 0.3 is 0 Å². The van der Waals surface area contributed by atoms with Gasteiger partial charge in [-0.1, -0.05) is 18.5 Å². The summed E-state index contributed by atoms with van der Waals surface area (Å²) in [6, 6.07) is 0.581. The van der Waals surface area contributed by atoms with Crippen molar-refractivity contribution >= 4 is 11.6 Å². The Morgan fingerprint density at radius 2 is 2.12 bits per heavy atom. The fourth-order valence-electron chi connectivity index (χ4n) is 2.13. The Kier molecular flexibility index (Phi) is 6.00. The van der Waals surface area contributed by atoms with Crippen molar-refractivity contribution < 1.29 is 0 Å². The second kappa shape index (κ2) is 7.02. The van der Waals surface area contributed by atoms with Gasteiger partial charge in [-0.2, -0.15) is 5.10 Å². The molecule has 1 aromatic heterocycles. The van der Waals surface area contributed by atoms with Crippen LogP contribution < -0.4 is 5.32 Å². The van der Waals surface area contributed by atoms with Crippen molar-refractivity contribution in [2.24, 2.45) is 0 Å². The van der Waals surface area contributed by atoms with Crippen LogP contribution in [0.4, 0.5) is 0 Å². The van der Waals surface area contributed by atoms with Crippen LogP contribution in [-0.2, 0) is 13.0 Å². The lowest BCUT2D eigenvalue weighted by molar-refractivity contribution is 0.503. The van der Waals surface area contributed by atoms with Crippen LogP contribution in [0.25, 0.3) is 0 Å². The Labute approximate surface area is 110 Å². The molecule has 1 atom stereocenters. The maximum absolute atomic E-state index is 6.27. The molecule has 0 aromatic carbocycles. The Hall–Kier alpha value is -0.540. The first kappa shape index (κ1) is 14.5. The molecule has 0 saturated heterocycles. The molecule has 1 N–H and O–H groups in total. The zero-order valence-electron chi connectivity index (χ0n) is 11.4. The van der Waals surface area contributed by atoms with Crippen LogP contribution in [0.3, 0.4) is 0 Å². The van der Waals surface area contributed by atoms with E-state index in [-0.39, 0.29) is 0 Å². The molecule has 1 unspecified atom stereocenters. The minimum atomic E-state index is 0.581. The van der Waals surface area contributed by atoms with Crippen molar-refractivity contribution in [1.29, 1.82) is 0 Å². The van der Waals surface area contributed by atoms with Crippen molar-refractivity contribution in [3.63, 3.8) is 0 Å². The second-order valence-corrected chi connectivity index (χ2v) is 4.89. The molecule has 1 aromatic rings. The number of rotatable bonds is 7. The summed E-state index contributed by atoms with van der Waals surface area (Å²) in [4.78, 5) is 0. The summed E-state index contributed by atoms with van der Waals surface area (Å²) in [5, 5.41) is 8.71. The average Bonchev–Trinajstić information content (AvgIpc) is 2.57. The first-order chi connectivity index (χ1) is 8.10. The molecule has 98 valence electrons. The Bertz CT molecular complexity index is 347. The Morgan fingerprint density at radius 1 is 1.41 bits per heavy atom. The molecule has 17 heavy (non-hydrogen) atoms. The van der Waals surface area contributed by atoms with Crippen LogP contribution in [0.15, 0.2) is 0 Å². The molecule has 0 aliphatic rings. The molecule has 0 radical (unpaired) electrons. The van der Waals surface area contributed by atoms with E-state index in [0.717, 1.165) is 36.6 Å². The molecule has 1 heterocycles. The van der Waals surface area contributed by atoms with Gasteiger partial charge in [0.2, 0.25) is 0 Å². The van der Waals surface area contributed by atoms with Crippen molar-refractivity contribution in [3.05, 3.63) is 16.4 Å². The zero-order valence-corrected chi connectivity index (χ0v) is 12.1. The van der Waals surface area contributed by atoms with Gasteiger partial charge in [-0.3, -0.25) is 4.68 Å². The van der Waals surface area contributed by atoms with Gasteiger partial charge in [0.1, 0.15) is 0 Å². The molecular weight excluding hydrogens is 234 g/mol. The first-order valence-corrected chi connectivity index (χ1v) is 6.93. The van der Waals surface area contributed by atoms with Gasteiger partial charge in [-0.05, 0) is 46.6 Å². The summed E-state index contributed by atoms with van der Waals surface area (Å²) >= 11 is 6.27. The third-order valence-electron chi connectivity index (χ3n) is 3.06. The summed E-state index contributed by atoms with van der Waals surface area (Å²) < 4.78 is 2.02. The average molecular weight is 258 g/mol. The van der Waals surface area contributed by atoms with Crippen LogP contribution in [0, 0.1) is 6.92 Å². The highest BCUT2D eigenvalue weighted by Gasteiger charge is 2.12. The highest BCUT2D eigenvalue weighted by Crippen LogP contribution is 2.22. The monoisotopic (exact) mass is 257 g/mol. The van der Waals surface area contributed by atoms with Crippen molar-refractivity contribution in [2.75, 3.05) is 6.54 Å². The third kappa shape index (κ3) is 4.00. The Balaban J connectivity index is 2.51. The number of hydrogen-bond donors (Lipinski definition) is 1. The van der Waals surface area contributed by atoms with Gasteiger partial charge in [0, 0.05) is 12.6 Å². The Morgan fingerprint density at radius 3 is 2.71 bits per heavy atom. The quantitative estimate of drug-likeness (QED) is 0.813. The molecule has 4 heteroatoms. The smallest absolute Gasteiger partial charge is 0.0847 e. The molecule has 0 saturated carbocycles. The fraction of sp³-hybridized carbons (Fsp3) is 0.769. The van der Waals surface area contributed by atoms with Crippen LogP contribution in [-0.4, -0.2) is 22.4 Å². The van der Waals surface area contributed by atoms with Gasteiger partial charge in [0.15, 0.2) is 0 Å². The number of nitrogens with one attached hydrogen (secondary N) is 1. The number of aryl methyl sites for hydroxylation is 2. The normalized spacial score (nSPS) is 13.0. The number of aromatic nitrogens is 2. The maximum atomic E-state index is 6.27. The predicted octanol–water partition coefficient (Wildman–Crippen LogP) is 3.19. The first-order valence-electron chi connectivity index (χ1n) is 6.55. The van der Waals surface area contributed by atoms with E-state index in [0.29, 0.717) is 6.04 Å². The van der Waals surface area contributed by atoms with Crippen molar-refractivity contribution in [2.45, 2.75) is 59.5 Å². The van der Waals surface area contributed by atoms with Crippen molar-refractivity contribution in [3.8, 4) is 0 Å². The highest BCUT2D eigenvalue weighted by molar-refractivity contribution is 6.31. The lowest BCUT2D eigenvalue weighted by Gasteiger charge is -2.12. The summed E-state index contributed by atoms with van der Waals surface area (Å²) in [5.74, 6) is 0. The fourth-order valence-corrected chi connectivity index (χ4v) is 2.36. The lowest BCUT2D eigenvalue weighted by atomic mass is 10.1. The largest absolute Gasteiger partial charge is 0.315 e. The number of nitrogens with zero attached hydrogens (tertiary/aromatic N) is 2. The molecule has 0 fully saturated rings. The molecule has 3 nitrogen and oxygen atoms in total. The van der Waals surface area contributed by atoms with Crippen molar-refractivity contribution in [1.82, 2.24) is 15.1 Å². The highest BCUT2D eigenvalue weighted by atomic mass is 35.5. The minimum Gasteiger partial charge on any atom is -0.315 e. The van der Waals surface area contributed by atoms with E-state index in [1.165, 1.54) is 12.1 Å². The SMILES string of the molecule is CCNC(C)CCCc1c(Cl)c(C)nn1CC. The van der Waals surface area contributed by atoms with E-state index in [2.05, 4.69) is 31.2 Å². The molecule has 0 spiro atoms. The molecule has 1 rings (SSSR count). The van der Waals surface area contributed by atoms with Gasteiger partial charge in [-0.15, -0.1) is 0 Å². The van der Waals surface area contributed by atoms with E-state index in [1.54, 1.807) is 0 Å². The molecule has 0 aliphatic heterocycles. The third-order valence-corrected chi connectivity index (χ3v) is 3.55. The molecule has 0 bridgehead atoms. The number of halogens is 1. The summed E-state index contributed by atoms with van der Waals surface area (Å²) in [6.07, 6.45) is 3.35. The van der Waals surface area contributed by atoms with E-state index >= 15 is 0 Å². The lowest BCUT2D eigenvalue weighted by Crippen LogP contribution is -2.25. The predicted molar refractivity (Wildman–Crippen MR) is 73.7 cm³/mol. The van der Waals surface area contributed by atoms with E-state index in [4.69, 9.17) is 11.6 Å². The maximum Gasteiger partial charge on any atom is 0.0847 e. The van der Waals surface area contributed by atoms with E-state index in [1.807, 2.05) is 11.6 Å². The molecule has 0 aliphatic carbocycles. The van der Waals surface area contributed by atoms with Crippen LogP contribution in [0.5, 0.6) is 0 Å². The van der Waals surface area contributed by atoms with Gasteiger partial charge in [0.25, 0.3) is 0 Å². The van der Waals surface area contributed by atoms with E-state index in [9.17, 15) is 0 Å². The van der Waals surface area contributed by atoms with E-state index < -0.39 is 0 Å². The van der Waals surface area contributed by atoms with Crippen LogP contribution in [0.2, 0.25) is 5.02 Å². The van der Waals surface area contributed by atoms with Crippen LogP contribution >= 0.6 is 11.6 Å². The van der Waals surface area contributed by atoms with Gasteiger partial charge in [-0.25, -0.2) is 0 Å². The topological polar surface area (TPSA) is 29.9 Å². The standard InChI is InChI=1S/C13H24ClN3/c1-5-15-10(3)8-7-9-12-13(14)11(4)16-17(12)6-2/h10,15H,5-9H2,1-4H3. The van der Waals surface area contributed by atoms with Gasteiger partial charge < -0.3 is 5.32 Å². The van der Waals surface area contributed by atoms with Crippen LogP contribution in [0.1, 0.15) is 45.0 Å². The molecule has 0 amide bonds. The minimum absolute atomic E-state index is 0.581.